The molecule has 1 aliphatic heterocycles. The van der Waals surface area contributed by atoms with E-state index in [1.807, 2.05) is 24.5 Å². The van der Waals surface area contributed by atoms with Crippen molar-refractivity contribution in [3.05, 3.63) is 60.2 Å². The Morgan fingerprint density at radius 2 is 1.75 bits per heavy atom. The molecule has 3 rings (SSSR count). The average Bonchev–Trinajstić information content (AvgIpc) is 2.50. The molecule has 0 aromatic carbocycles. The maximum Gasteiger partial charge on any atom is 0.0543 e. The predicted molar refractivity (Wildman–Crippen MR) is 80.2 cm³/mol. The Bertz CT molecular complexity index is 465. The maximum atomic E-state index is 4.45. The van der Waals surface area contributed by atoms with E-state index in [2.05, 4.69) is 39.1 Å². The Morgan fingerprint density at radius 3 is 2.45 bits per heavy atom. The van der Waals surface area contributed by atoms with Crippen LogP contribution in [0.3, 0.4) is 0 Å². The van der Waals surface area contributed by atoms with Crippen LogP contribution in [-0.4, -0.2) is 28.0 Å². The van der Waals surface area contributed by atoms with Crippen molar-refractivity contribution in [2.45, 2.75) is 25.8 Å². The molecule has 0 radical (unpaired) electrons. The number of rotatable bonds is 4. The van der Waals surface area contributed by atoms with E-state index < -0.39 is 0 Å². The molecule has 1 unspecified atom stereocenters. The number of aromatic nitrogens is 2. The van der Waals surface area contributed by atoms with Crippen LogP contribution in [0, 0.1) is 5.92 Å². The lowest BCUT2D eigenvalue weighted by Gasteiger charge is -2.32. The minimum absolute atomic E-state index is 0.724. The zero-order valence-electron chi connectivity index (χ0n) is 11.8. The van der Waals surface area contributed by atoms with Crippen molar-refractivity contribution in [3.8, 4) is 0 Å². The van der Waals surface area contributed by atoms with Crippen LogP contribution >= 0.6 is 0 Å². The summed E-state index contributed by atoms with van der Waals surface area (Å²) >= 11 is 0. The van der Waals surface area contributed by atoms with Crippen LogP contribution in [0.5, 0.6) is 0 Å². The molecular formula is C17H21N3. The predicted octanol–water partition coefficient (Wildman–Crippen LogP) is 2.93. The van der Waals surface area contributed by atoms with Crippen molar-refractivity contribution in [3.63, 3.8) is 0 Å². The summed E-state index contributed by atoms with van der Waals surface area (Å²) in [5.41, 5.74) is 2.39. The van der Waals surface area contributed by atoms with Crippen LogP contribution in [0.4, 0.5) is 0 Å². The van der Waals surface area contributed by atoms with Crippen LogP contribution in [0.25, 0.3) is 0 Å². The topological polar surface area (TPSA) is 29.0 Å². The second-order valence-electron chi connectivity index (χ2n) is 5.59. The quantitative estimate of drug-likeness (QED) is 0.853. The molecule has 0 saturated carbocycles. The Morgan fingerprint density at radius 1 is 1.00 bits per heavy atom. The molecule has 1 fully saturated rings. The first-order valence-corrected chi connectivity index (χ1v) is 7.42. The largest absolute Gasteiger partial charge is 0.297 e. The second kappa shape index (κ2) is 6.62. The van der Waals surface area contributed by atoms with E-state index in [1.165, 1.54) is 30.8 Å². The van der Waals surface area contributed by atoms with Crippen molar-refractivity contribution >= 4 is 0 Å². The first kappa shape index (κ1) is 13.3. The van der Waals surface area contributed by atoms with Crippen LogP contribution in [0.1, 0.15) is 24.2 Å². The standard InChI is InChI=1S/C17H21N3/c1-3-9-18-16(7-1)12-15-6-5-11-20(13-15)14-17-8-2-4-10-19-17/h1-4,7-10,15H,5-6,11-14H2. The van der Waals surface area contributed by atoms with Gasteiger partial charge in [-0.05, 0) is 56.0 Å². The van der Waals surface area contributed by atoms with Gasteiger partial charge in [0.15, 0.2) is 0 Å². The Kier molecular flexibility index (Phi) is 4.38. The van der Waals surface area contributed by atoms with Crippen molar-refractivity contribution in [2.75, 3.05) is 13.1 Å². The summed E-state index contributed by atoms with van der Waals surface area (Å²) in [5, 5.41) is 0. The lowest BCUT2D eigenvalue weighted by Crippen LogP contribution is -2.36. The van der Waals surface area contributed by atoms with Gasteiger partial charge >= 0.3 is 0 Å². The molecule has 2 aromatic rings. The van der Waals surface area contributed by atoms with Crippen molar-refractivity contribution in [1.82, 2.24) is 14.9 Å². The highest BCUT2D eigenvalue weighted by atomic mass is 15.1. The van der Waals surface area contributed by atoms with Gasteiger partial charge in [-0.3, -0.25) is 14.9 Å². The van der Waals surface area contributed by atoms with Gasteiger partial charge in [0.25, 0.3) is 0 Å². The van der Waals surface area contributed by atoms with E-state index >= 15 is 0 Å². The third kappa shape index (κ3) is 3.64. The fourth-order valence-electron chi connectivity index (χ4n) is 3.00. The number of nitrogens with zero attached hydrogens (tertiary/aromatic N) is 3. The van der Waals surface area contributed by atoms with Gasteiger partial charge in [-0.2, -0.15) is 0 Å². The molecule has 1 aliphatic rings. The Labute approximate surface area is 120 Å². The molecule has 0 aliphatic carbocycles. The van der Waals surface area contributed by atoms with Gasteiger partial charge in [0.05, 0.1) is 5.69 Å². The lowest BCUT2D eigenvalue weighted by molar-refractivity contribution is 0.165. The van der Waals surface area contributed by atoms with E-state index in [0.717, 1.165) is 25.4 Å². The summed E-state index contributed by atoms with van der Waals surface area (Å²) in [6.07, 6.45) is 7.47. The van der Waals surface area contributed by atoms with Gasteiger partial charge in [0, 0.05) is 31.2 Å². The van der Waals surface area contributed by atoms with Crippen molar-refractivity contribution < 1.29 is 0 Å². The third-order valence-corrected chi connectivity index (χ3v) is 3.94. The van der Waals surface area contributed by atoms with Crippen LogP contribution in [-0.2, 0) is 13.0 Å². The average molecular weight is 267 g/mol. The molecule has 0 spiro atoms. The molecule has 1 atom stereocenters. The number of likely N-dealkylation sites (tertiary alicyclic amines) is 1. The van der Waals surface area contributed by atoms with Gasteiger partial charge < -0.3 is 0 Å². The molecular weight excluding hydrogens is 246 g/mol. The van der Waals surface area contributed by atoms with Crippen LogP contribution < -0.4 is 0 Å². The Hall–Kier alpha value is -1.74. The zero-order valence-corrected chi connectivity index (χ0v) is 11.8. The summed E-state index contributed by atoms with van der Waals surface area (Å²) in [6, 6.07) is 12.4. The maximum absolute atomic E-state index is 4.45. The normalized spacial score (nSPS) is 19.9. The minimum Gasteiger partial charge on any atom is -0.297 e. The highest BCUT2D eigenvalue weighted by molar-refractivity contribution is 5.06. The number of piperidine rings is 1. The van der Waals surface area contributed by atoms with E-state index in [1.54, 1.807) is 0 Å². The third-order valence-electron chi connectivity index (χ3n) is 3.94. The highest BCUT2D eigenvalue weighted by Gasteiger charge is 2.20. The van der Waals surface area contributed by atoms with Crippen LogP contribution in [0.15, 0.2) is 48.8 Å². The molecule has 3 heterocycles. The van der Waals surface area contributed by atoms with E-state index in [4.69, 9.17) is 0 Å². The molecule has 3 nitrogen and oxygen atoms in total. The molecule has 20 heavy (non-hydrogen) atoms. The van der Waals surface area contributed by atoms with Gasteiger partial charge in [0.2, 0.25) is 0 Å². The molecule has 104 valence electrons. The summed E-state index contributed by atoms with van der Waals surface area (Å²) in [4.78, 5) is 11.4. The molecule has 3 heteroatoms. The SMILES string of the molecule is c1ccc(CC2CCCN(Cc3ccccn3)C2)nc1. The van der Waals surface area contributed by atoms with Crippen molar-refractivity contribution in [2.24, 2.45) is 5.92 Å². The molecule has 0 amide bonds. The smallest absolute Gasteiger partial charge is 0.0543 e. The molecule has 0 N–H and O–H groups in total. The highest BCUT2D eigenvalue weighted by Crippen LogP contribution is 2.21. The van der Waals surface area contributed by atoms with Crippen molar-refractivity contribution in [1.29, 1.82) is 0 Å². The second-order valence-corrected chi connectivity index (χ2v) is 5.59. The minimum atomic E-state index is 0.724. The monoisotopic (exact) mass is 267 g/mol. The van der Waals surface area contributed by atoms with E-state index in [-0.39, 0.29) is 0 Å². The first-order chi connectivity index (χ1) is 9.90. The van der Waals surface area contributed by atoms with Gasteiger partial charge in [0.1, 0.15) is 0 Å². The summed E-state index contributed by atoms with van der Waals surface area (Å²) in [7, 11) is 0. The fraction of sp³-hybridized carbons (Fsp3) is 0.412. The molecule has 2 aromatic heterocycles. The number of hydrogen-bond donors (Lipinski definition) is 0. The summed E-state index contributed by atoms with van der Waals surface area (Å²) in [5.74, 6) is 0.724. The van der Waals surface area contributed by atoms with Gasteiger partial charge in [-0.1, -0.05) is 12.1 Å². The molecule has 1 saturated heterocycles. The summed E-state index contributed by atoms with van der Waals surface area (Å²) in [6.45, 7) is 3.32. The number of hydrogen-bond acceptors (Lipinski definition) is 3. The fourth-order valence-corrected chi connectivity index (χ4v) is 3.00. The lowest BCUT2D eigenvalue weighted by atomic mass is 9.93. The van der Waals surface area contributed by atoms with Crippen LogP contribution in [0.2, 0.25) is 0 Å². The van der Waals surface area contributed by atoms with Gasteiger partial charge in [-0.15, -0.1) is 0 Å². The van der Waals surface area contributed by atoms with Gasteiger partial charge in [-0.25, -0.2) is 0 Å². The van der Waals surface area contributed by atoms with E-state index in [9.17, 15) is 0 Å². The number of pyridine rings is 2. The molecule has 0 bridgehead atoms. The summed E-state index contributed by atoms with van der Waals surface area (Å²) < 4.78 is 0. The Balaban J connectivity index is 1.57. The first-order valence-electron chi connectivity index (χ1n) is 7.42. The zero-order chi connectivity index (χ0) is 13.6. The van der Waals surface area contributed by atoms with E-state index in [0.29, 0.717) is 0 Å².